The first-order valence-corrected chi connectivity index (χ1v) is 6.67. The summed E-state index contributed by atoms with van der Waals surface area (Å²) in [6, 6.07) is 2.48. The lowest BCUT2D eigenvalue weighted by atomic mass is 10.2. The van der Waals surface area contributed by atoms with E-state index in [0.717, 1.165) is 12.1 Å². The van der Waals surface area contributed by atoms with Gasteiger partial charge >= 0.3 is 0 Å². The second-order valence-corrected chi connectivity index (χ2v) is 4.59. The second-order valence-electron chi connectivity index (χ2n) is 4.59. The van der Waals surface area contributed by atoms with Gasteiger partial charge in [0.2, 0.25) is 11.8 Å². The summed E-state index contributed by atoms with van der Waals surface area (Å²) in [4.78, 5) is 22.6. The van der Waals surface area contributed by atoms with Gasteiger partial charge in [-0.2, -0.15) is 0 Å². The molecule has 22 heavy (non-hydrogen) atoms. The van der Waals surface area contributed by atoms with Crippen LogP contribution in [0.15, 0.2) is 18.2 Å². The third-order valence-electron chi connectivity index (χ3n) is 2.98. The van der Waals surface area contributed by atoms with Crippen LogP contribution in [0, 0.1) is 23.5 Å². The van der Waals surface area contributed by atoms with Crippen LogP contribution in [-0.2, 0) is 9.59 Å². The van der Waals surface area contributed by atoms with Crippen LogP contribution in [0.1, 0.15) is 12.8 Å². The van der Waals surface area contributed by atoms with Gasteiger partial charge in [0.05, 0.1) is 6.54 Å². The van der Waals surface area contributed by atoms with Gasteiger partial charge in [0.15, 0.2) is 11.6 Å². The maximum absolute atomic E-state index is 13.2. The van der Waals surface area contributed by atoms with Crippen molar-refractivity contribution in [2.45, 2.75) is 18.9 Å². The first-order valence-electron chi connectivity index (χ1n) is 6.67. The van der Waals surface area contributed by atoms with E-state index in [4.69, 9.17) is 4.74 Å². The number of amides is 2. The molecule has 1 saturated heterocycles. The summed E-state index contributed by atoms with van der Waals surface area (Å²) >= 11 is 0. The van der Waals surface area contributed by atoms with E-state index in [0.29, 0.717) is 12.8 Å². The third kappa shape index (κ3) is 4.45. The van der Waals surface area contributed by atoms with E-state index in [1.807, 2.05) is 0 Å². The molecular formula is C15H14F2N2O3. The van der Waals surface area contributed by atoms with E-state index in [1.165, 1.54) is 6.07 Å². The Balaban J connectivity index is 1.69. The van der Waals surface area contributed by atoms with Crippen LogP contribution in [0.4, 0.5) is 8.78 Å². The van der Waals surface area contributed by atoms with Crippen LogP contribution in [0.5, 0.6) is 5.75 Å². The molecule has 1 aliphatic rings. The van der Waals surface area contributed by atoms with Gasteiger partial charge < -0.3 is 15.4 Å². The standard InChI is InChI=1S/C15H14F2N2O3/c16-10-3-5-13(11(17)9-10)22-8-2-1-7-18-15(21)12-4-6-14(20)19-12/h3,5,9,12H,4,6-8H2,(H,18,21)(H,19,20). The van der Waals surface area contributed by atoms with Crippen molar-refractivity contribution in [2.24, 2.45) is 0 Å². The minimum absolute atomic E-state index is 0.0847. The zero-order valence-electron chi connectivity index (χ0n) is 11.6. The maximum atomic E-state index is 13.2. The zero-order valence-corrected chi connectivity index (χ0v) is 11.6. The Bertz CT molecular complexity index is 637. The molecule has 0 aromatic heterocycles. The lowest BCUT2D eigenvalue weighted by Crippen LogP contribution is -2.41. The van der Waals surface area contributed by atoms with Crippen molar-refractivity contribution in [3.63, 3.8) is 0 Å². The number of halogens is 2. The average molecular weight is 308 g/mol. The van der Waals surface area contributed by atoms with Crippen LogP contribution >= 0.6 is 0 Å². The van der Waals surface area contributed by atoms with Gasteiger partial charge in [-0.1, -0.05) is 11.8 Å². The van der Waals surface area contributed by atoms with Gasteiger partial charge in [0.1, 0.15) is 18.5 Å². The molecule has 1 aromatic rings. The molecule has 0 bridgehead atoms. The van der Waals surface area contributed by atoms with Crippen LogP contribution in [0.25, 0.3) is 0 Å². The lowest BCUT2D eigenvalue weighted by molar-refractivity contribution is -0.125. The zero-order chi connectivity index (χ0) is 15.9. The van der Waals surface area contributed by atoms with Crippen molar-refractivity contribution >= 4 is 11.8 Å². The van der Waals surface area contributed by atoms with Crippen molar-refractivity contribution in [1.82, 2.24) is 10.6 Å². The summed E-state index contributed by atoms with van der Waals surface area (Å²) in [6.45, 7) is 0.0129. The van der Waals surface area contributed by atoms with Crippen LogP contribution in [-0.4, -0.2) is 31.0 Å². The van der Waals surface area contributed by atoms with E-state index in [9.17, 15) is 18.4 Å². The van der Waals surface area contributed by atoms with Crippen LogP contribution in [0.3, 0.4) is 0 Å². The fourth-order valence-electron chi connectivity index (χ4n) is 1.88. The number of ether oxygens (including phenoxy) is 1. The molecule has 1 heterocycles. The van der Waals surface area contributed by atoms with Gasteiger partial charge in [0.25, 0.3) is 0 Å². The number of hydrogen-bond donors (Lipinski definition) is 2. The topological polar surface area (TPSA) is 67.4 Å². The molecule has 5 nitrogen and oxygen atoms in total. The Morgan fingerprint density at radius 3 is 2.91 bits per heavy atom. The number of hydrogen-bond acceptors (Lipinski definition) is 3. The monoisotopic (exact) mass is 308 g/mol. The highest BCUT2D eigenvalue weighted by molar-refractivity contribution is 5.90. The molecule has 1 unspecified atom stereocenters. The van der Waals surface area contributed by atoms with Crippen molar-refractivity contribution < 1.29 is 23.1 Å². The van der Waals surface area contributed by atoms with Gasteiger partial charge in [-0.05, 0) is 18.6 Å². The number of benzene rings is 1. The summed E-state index contributed by atoms with van der Waals surface area (Å²) in [5.74, 6) is 3.24. The van der Waals surface area contributed by atoms with Gasteiger partial charge in [-0.3, -0.25) is 9.59 Å². The third-order valence-corrected chi connectivity index (χ3v) is 2.98. The summed E-state index contributed by atoms with van der Waals surface area (Å²) in [6.07, 6.45) is 0.825. The summed E-state index contributed by atoms with van der Waals surface area (Å²) in [5.41, 5.74) is 0. The Kier molecular flexibility index (Phi) is 5.31. The lowest BCUT2D eigenvalue weighted by Gasteiger charge is -2.08. The van der Waals surface area contributed by atoms with Gasteiger partial charge in [-0.25, -0.2) is 8.78 Å². The Labute approximate surface area is 126 Å². The highest BCUT2D eigenvalue weighted by Crippen LogP contribution is 2.17. The Hall–Kier alpha value is -2.62. The molecule has 1 fully saturated rings. The van der Waals surface area contributed by atoms with Crippen molar-refractivity contribution in [3.8, 4) is 17.6 Å². The van der Waals surface area contributed by atoms with E-state index >= 15 is 0 Å². The predicted molar refractivity (Wildman–Crippen MR) is 73.8 cm³/mol. The summed E-state index contributed by atoms with van der Waals surface area (Å²) < 4.78 is 30.9. The normalized spacial score (nSPS) is 16.5. The second kappa shape index (κ2) is 7.41. The van der Waals surface area contributed by atoms with E-state index < -0.39 is 17.7 Å². The SMILES string of the molecule is O=C1CCC(C(=O)NCC#CCOc2ccc(F)cc2F)N1. The summed E-state index contributed by atoms with van der Waals surface area (Å²) in [5, 5.41) is 5.10. The molecule has 1 aliphatic heterocycles. The van der Waals surface area contributed by atoms with Crippen molar-refractivity contribution in [1.29, 1.82) is 0 Å². The molecule has 7 heteroatoms. The fraction of sp³-hybridized carbons (Fsp3) is 0.333. The van der Waals surface area contributed by atoms with Crippen LogP contribution in [0.2, 0.25) is 0 Å². The van der Waals surface area contributed by atoms with E-state index in [-0.39, 0.29) is 30.7 Å². The van der Waals surface area contributed by atoms with Crippen molar-refractivity contribution in [2.75, 3.05) is 13.2 Å². The first kappa shape index (κ1) is 15.8. The number of nitrogens with one attached hydrogen (secondary N) is 2. The van der Waals surface area contributed by atoms with E-state index in [2.05, 4.69) is 22.5 Å². The smallest absolute Gasteiger partial charge is 0.243 e. The molecule has 0 aliphatic carbocycles. The average Bonchev–Trinajstić information content (AvgIpc) is 2.91. The molecule has 1 aromatic carbocycles. The molecule has 0 spiro atoms. The molecule has 0 saturated carbocycles. The summed E-state index contributed by atoms with van der Waals surface area (Å²) in [7, 11) is 0. The van der Waals surface area contributed by atoms with Gasteiger partial charge in [-0.15, -0.1) is 0 Å². The fourth-order valence-corrected chi connectivity index (χ4v) is 1.88. The number of carbonyl (C=O) groups excluding carboxylic acids is 2. The molecule has 2 amide bonds. The van der Waals surface area contributed by atoms with Crippen molar-refractivity contribution in [3.05, 3.63) is 29.8 Å². The molecular weight excluding hydrogens is 294 g/mol. The molecule has 116 valence electrons. The Morgan fingerprint density at radius 2 is 2.23 bits per heavy atom. The molecule has 1 atom stereocenters. The predicted octanol–water partition coefficient (Wildman–Crippen LogP) is 0.742. The quantitative estimate of drug-likeness (QED) is 0.806. The number of carbonyl (C=O) groups is 2. The maximum Gasteiger partial charge on any atom is 0.243 e. The number of rotatable bonds is 4. The molecule has 2 N–H and O–H groups in total. The first-order chi connectivity index (χ1) is 10.6. The minimum atomic E-state index is -0.799. The van der Waals surface area contributed by atoms with Gasteiger partial charge in [0, 0.05) is 12.5 Å². The molecule has 0 radical (unpaired) electrons. The highest BCUT2D eigenvalue weighted by Gasteiger charge is 2.26. The highest BCUT2D eigenvalue weighted by atomic mass is 19.1. The Morgan fingerprint density at radius 1 is 1.41 bits per heavy atom. The largest absolute Gasteiger partial charge is 0.478 e. The minimum Gasteiger partial charge on any atom is -0.478 e. The molecule has 2 rings (SSSR count). The van der Waals surface area contributed by atoms with Crippen LogP contribution < -0.4 is 15.4 Å². The van der Waals surface area contributed by atoms with E-state index in [1.54, 1.807) is 0 Å².